The molecule has 1 heterocycles. The highest BCUT2D eigenvalue weighted by molar-refractivity contribution is 5.77. The number of nitrogens with zero attached hydrogens (tertiary/aromatic N) is 3. The maximum Gasteiger partial charge on any atom is 0.309 e. The van der Waals surface area contributed by atoms with Gasteiger partial charge in [0.25, 0.3) is 0 Å². The minimum atomic E-state index is -0.206. The van der Waals surface area contributed by atoms with Crippen molar-refractivity contribution in [2.45, 2.75) is 19.3 Å². The van der Waals surface area contributed by atoms with Crippen LogP contribution in [0.1, 0.15) is 30.7 Å². The van der Waals surface area contributed by atoms with Gasteiger partial charge in [-0.25, -0.2) is 4.98 Å². The molecule has 1 saturated carbocycles. The lowest BCUT2D eigenvalue weighted by atomic mass is 10.2. The van der Waals surface area contributed by atoms with Crippen molar-refractivity contribution >= 4 is 5.97 Å². The quantitative estimate of drug-likeness (QED) is 0.706. The fourth-order valence-electron chi connectivity index (χ4n) is 1.71. The molecule has 16 heavy (non-hydrogen) atoms. The smallest absolute Gasteiger partial charge is 0.309 e. The Morgan fingerprint density at radius 2 is 2.38 bits per heavy atom. The first-order valence-electron chi connectivity index (χ1n) is 5.15. The summed E-state index contributed by atoms with van der Waals surface area (Å²) in [4.78, 5) is 19.5. The highest BCUT2D eigenvalue weighted by atomic mass is 16.5. The lowest BCUT2D eigenvalue weighted by molar-refractivity contribution is -0.144. The number of hydrogen-bond acceptors (Lipinski definition) is 5. The molecule has 82 valence electrons. The van der Waals surface area contributed by atoms with E-state index in [-0.39, 0.29) is 17.8 Å². The molecule has 5 nitrogen and oxygen atoms in total. The maximum atomic E-state index is 11.4. The standard InChI is InChI=1S/C11H11N3O2/c1-2-16-11(15)8-5-7(8)10-9(6-12)13-3-4-14-10/h3-4,7-8H,2,5H2,1H3/t7-,8-/m1/s1. The number of ether oxygens (including phenoxy) is 1. The second-order valence-corrected chi connectivity index (χ2v) is 3.60. The van der Waals surface area contributed by atoms with Gasteiger partial charge in [0.05, 0.1) is 18.2 Å². The molecule has 0 unspecified atom stereocenters. The van der Waals surface area contributed by atoms with Crippen LogP contribution in [0.3, 0.4) is 0 Å². The van der Waals surface area contributed by atoms with Gasteiger partial charge in [0, 0.05) is 18.3 Å². The number of aromatic nitrogens is 2. The number of esters is 1. The van der Waals surface area contributed by atoms with E-state index in [1.54, 1.807) is 6.92 Å². The van der Waals surface area contributed by atoms with Gasteiger partial charge < -0.3 is 4.74 Å². The summed E-state index contributed by atoms with van der Waals surface area (Å²) >= 11 is 0. The summed E-state index contributed by atoms with van der Waals surface area (Å²) in [7, 11) is 0. The molecule has 0 aliphatic heterocycles. The molecule has 1 aromatic heterocycles. The van der Waals surface area contributed by atoms with Crippen molar-refractivity contribution in [2.75, 3.05) is 6.61 Å². The number of carbonyl (C=O) groups is 1. The van der Waals surface area contributed by atoms with E-state index < -0.39 is 0 Å². The van der Waals surface area contributed by atoms with Crippen LogP contribution in [-0.2, 0) is 9.53 Å². The predicted molar refractivity (Wildman–Crippen MR) is 54.2 cm³/mol. The van der Waals surface area contributed by atoms with E-state index in [0.717, 1.165) is 0 Å². The Kier molecular flexibility index (Phi) is 2.82. The van der Waals surface area contributed by atoms with Gasteiger partial charge in [-0.05, 0) is 13.3 Å². The van der Waals surface area contributed by atoms with Crippen LogP contribution < -0.4 is 0 Å². The Balaban J connectivity index is 2.12. The van der Waals surface area contributed by atoms with Crippen LogP contribution in [0.25, 0.3) is 0 Å². The predicted octanol–water partition coefficient (Wildman–Crippen LogP) is 1.01. The van der Waals surface area contributed by atoms with Crippen LogP contribution in [0.2, 0.25) is 0 Å². The Morgan fingerprint density at radius 3 is 3.06 bits per heavy atom. The second-order valence-electron chi connectivity index (χ2n) is 3.60. The Bertz CT molecular complexity index is 453. The van der Waals surface area contributed by atoms with E-state index in [2.05, 4.69) is 9.97 Å². The summed E-state index contributed by atoms with van der Waals surface area (Å²) in [6, 6.07) is 1.98. The lowest BCUT2D eigenvalue weighted by Crippen LogP contribution is -2.08. The van der Waals surface area contributed by atoms with Gasteiger partial charge in [0.15, 0.2) is 5.69 Å². The molecule has 2 atom stereocenters. The molecule has 1 fully saturated rings. The van der Waals surface area contributed by atoms with Gasteiger partial charge in [-0.2, -0.15) is 5.26 Å². The fourth-order valence-corrected chi connectivity index (χ4v) is 1.71. The topological polar surface area (TPSA) is 75.9 Å². The molecule has 5 heteroatoms. The molecule has 0 amide bonds. The minimum absolute atomic E-state index is 0.00222. The van der Waals surface area contributed by atoms with Gasteiger partial charge in [-0.15, -0.1) is 0 Å². The molecule has 0 bridgehead atoms. The molecule has 2 rings (SSSR count). The third-order valence-corrected chi connectivity index (χ3v) is 2.56. The molecule has 0 spiro atoms. The van der Waals surface area contributed by atoms with Crippen molar-refractivity contribution in [1.29, 1.82) is 5.26 Å². The van der Waals surface area contributed by atoms with Gasteiger partial charge >= 0.3 is 5.97 Å². The average molecular weight is 217 g/mol. The van der Waals surface area contributed by atoms with Crippen LogP contribution in [0.4, 0.5) is 0 Å². The first-order chi connectivity index (χ1) is 7.77. The monoisotopic (exact) mass is 217 g/mol. The molecular formula is C11H11N3O2. The fraction of sp³-hybridized carbons (Fsp3) is 0.455. The van der Waals surface area contributed by atoms with Gasteiger partial charge in [0.1, 0.15) is 6.07 Å². The molecule has 0 aromatic carbocycles. The lowest BCUT2D eigenvalue weighted by Gasteiger charge is -2.01. The first-order valence-corrected chi connectivity index (χ1v) is 5.15. The highest BCUT2D eigenvalue weighted by Crippen LogP contribution is 2.47. The van der Waals surface area contributed by atoms with Gasteiger partial charge in [-0.3, -0.25) is 9.78 Å². The van der Waals surface area contributed by atoms with Crippen molar-refractivity contribution < 1.29 is 9.53 Å². The number of rotatable bonds is 3. The van der Waals surface area contributed by atoms with Crippen LogP contribution in [-0.4, -0.2) is 22.5 Å². The summed E-state index contributed by atoms with van der Waals surface area (Å²) in [5.74, 6) is -0.354. The molecular weight excluding hydrogens is 206 g/mol. The van der Waals surface area contributed by atoms with E-state index in [1.807, 2.05) is 6.07 Å². The largest absolute Gasteiger partial charge is 0.466 e. The van der Waals surface area contributed by atoms with E-state index in [0.29, 0.717) is 24.4 Å². The normalized spacial score (nSPS) is 22.2. The summed E-state index contributed by atoms with van der Waals surface area (Å²) in [6.07, 6.45) is 3.71. The average Bonchev–Trinajstić information content (AvgIpc) is 3.09. The van der Waals surface area contributed by atoms with Crippen LogP contribution in [0.5, 0.6) is 0 Å². The Morgan fingerprint density at radius 1 is 1.62 bits per heavy atom. The maximum absolute atomic E-state index is 11.4. The van der Waals surface area contributed by atoms with E-state index in [4.69, 9.17) is 10.00 Å². The molecule has 0 N–H and O–H groups in total. The summed E-state index contributed by atoms with van der Waals surface area (Å²) in [5.41, 5.74) is 0.919. The van der Waals surface area contributed by atoms with Crippen molar-refractivity contribution in [3.05, 3.63) is 23.8 Å². The van der Waals surface area contributed by atoms with E-state index >= 15 is 0 Å². The number of hydrogen-bond donors (Lipinski definition) is 0. The summed E-state index contributed by atoms with van der Waals surface area (Å²) in [5, 5.41) is 8.85. The Labute approximate surface area is 93.1 Å². The zero-order chi connectivity index (χ0) is 11.5. The number of nitriles is 1. The van der Waals surface area contributed by atoms with Crippen LogP contribution >= 0.6 is 0 Å². The van der Waals surface area contributed by atoms with Gasteiger partial charge in [-0.1, -0.05) is 0 Å². The zero-order valence-electron chi connectivity index (χ0n) is 8.88. The molecule has 0 saturated heterocycles. The third-order valence-electron chi connectivity index (χ3n) is 2.56. The molecule has 0 radical (unpaired) electrons. The number of carbonyl (C=O) groups excluding carboxylic acids is 1. The van der Waals surface area contributed by atoms with Crippen molar-refractivity contribution in [3.8, 4) is 6.07 Å². The van der Waals surface area contributed by atoms with Crippen LogP contribution in [0.15, 0.2) is 12.4 Å². The van der Waals surface area contributed by atoms with Crippen molar-refractivity contribution in [3.63, 3.8) is 0 Å². The third kappa shape index (κ3) is 1.87. The van der Waals surface area contributed by atoms with Crippen molar-refractivity contribution in [1.82, 2.24) is 9.97 Å². The summed E-state index contributed by atoms with van der Waals surface area (Å²) < 4.78 is 4.92. The minimum Gasteiger partial charge on any atom is -0.466 e. The first kappa shape index (κ1) is 10.6. The zero-order valence-corrected chi connectivity index (χ0v) is 8.88. The molecule has 1 aliphatic carbocycles. The Hall–Kier alpha value is -1.96. The van der Waals surface area contributed by atoms with Crippen LogP contribution in [0, 0.1) is 17.2 Å². The van der Waals surface area contributed by atoms with E-state index in [9.17, 15) is 4.79 Å². The van der Waals surface area contributed by atoms with E-state index in [1.165, 1.54) is 12.4 Å². The summed E-state index contributed by atoms with van der Waals surface area (Å²) in [6.45, 7) is 2.16. The highest BCUT2D eigenvalue weighted by Gasteiger charge is 2.47. The molecule has 1 aromatic rings. The molecule has 1 aliphatic rings. The second kappa shape index (κ2) is 4.27. The SMILES string of the molecule is CCOC(=O)[C@@H]1C[C@H]1c1nccnc1C#N. The van der Waals surface area contributed by atoms with Crippen molar-refractivity contribution in [2.24, 2.45) is 5.92 Å². The van der Waals surface area contributed by atoms with Gasteiger partial charge in [0.2, 0.25) is 0 Å².